The van der Waals surface area contributed by atoms with Crippen molar-refractivity contribution in [3.8, 4) is 5.75 Å². The lowest BCUT2D eigenvalue weighted by Gasteiger charge is -2.33. The second-order valence-corrected chi connectivity index (χ2v) is 6.76. The van der Waals surface area contributed by atoms with Gasteiger partial charge in [-0.25, -0.2) is 0 Å². The number of carbonyl (C=O) groups is 1. The zero-order valence-corrected chi connectivity index (χ0v) is 13.8. The van der Waals surface area contributed by atoms with E-state index >= 15 is 0 Å². The van der Waals surface area contributed by atoms with E-state index in [2.05, 4.69) is 28.2 Å². The van der Waals surface area contributed by atoms with Crippen molar-refractivity contribution in [2.45, 2.75) is 39.0 Å². The Balaban J connectivity index is 1.96. The Morgan fingerprint density at radius 1 is 1.35 bits per heavy atom. The predicted molar refractivity (Wildman–Crippen MR) is 84.2 cm³/mol. The number of rotatable bonds is 4. The van der Waals surface area contributed by atoms with Gasteiger partial charge < -0.3 is 10.1 Å². The topological polar surface area (TPSA) is 38.3 Å². The van der Waals surface area contributed by atoms with Crippen LogP contribution in [0, 0.1) is 5.41 Å². The van der Waals surface area contributed by atoms with Crippen LogP contribution in [0.2, 0.25) is 0 Å². The van der Waals surface area contributed by atoms with Gasteiger partial charge >= 0.3 is 0 Å². The zero-order chi connectivity index (χ0) is 14.6. The molecule has 0 saturated heterocycles. The van der Waals surface area contributed by atoms with Crippen molar-refractivity contribution in [1.82, 2.24) is 5.32 Å². The highest BCUT2D eigenvalue weighted by molar-refractivity contribution is 9.10. The van der Waals surface area contributed by atoms with Crippen molar-refractivity contribution < 1.29 is 9.53 Å². The minimum Gasteiger partial charge on any atom is -0.496 e. The third kappa shape index (κ3) is 3.75. The number of carbonyl (C=O) groups excluding carboxylic acids is 1. The molecule has 1 N–H and O–H groups in total. The first-order valence-corrected chi connectivity index (χ1v) is 7.95. The lowest BCUT2D eigenvalue weighted by atomic mass is 9.76. The average molecular weight is 340 g/mol. The van der Waals surface area contributed by atoms with Crippen LogP contribution >= 0.6 is 15.9 Å². The van der Waals surface area contributed by atoms with Gasteiger partial charge in [0, 0.05) is 12.1 Å². The van der Waals surface area contributed by atoms with E-state index < -0.39 is 0 Å². The summed E-state index contributed by atoms with van der Waals surface area (Å²) in [5.74, 6) is 0.723. The molecular weight excluding hydrogens is 318 g/mol. The van der Waals surface area contributed by atoms with Crippen molar-refractivity contribution in [2.24, 2.45) is 5.41 Å². The van der Waals surface area contributed by atoms with Gasteiger partial charge in [0.05, 0.1) is 11.6 Å². The van der Waals surface area contributed by atoms with Crippen molar-refractivity contribution in [3.05, 3.63) is 28.2 Å². The first-order valence-electron chi connectivity index (χ1n) is 7.16. The second kappa shape index (κ2) is 6.61. The normalized spacial score (nSPS) is 17.6. The van der Waals surface area contributed by atoms with Crippen LogP contribution in [-0.2, 0) is 0 Å². The summed E-state index contributed by atoms with van der Waals surface area (Å²) in [5, 5.41) is 3.07. The molecular formula is C16H22BrNO2. The molecule has 0 aromatic heterocycles. The lowest BCUT2D eigenvalue weighted by molar-refractivity contribution is 0.0919. The van der Waals surface area contributed by atoms with Gasteiger partial charge in [0.15, 0.2) is 0 Å². The zero-order valence-electron chi connectivity index (χ0n) is 12.2. The number of ether oxygens (including phenoxy) is 1. The molecule has 0 bridgehead atoms. The third-order valence-electron chi connectivity index (χ3n) is 4.15. The number of amides is 1. The largest absolute Gasteiger partial charge is 0.496 e. The molecule has 1 aliphatic carbocycles. The van der Waals surface area contributed by atoms with Gasteiger partial charge in [0.1, 0.15) is 5.75 Å². The first-order chi connectivity index (χ1) is 9.54. The fourth-order valence-corrected chi connectivity index (χ4v) is 3.33. The van der Waals surface area contributed by atoms with Crippen molar-refractivity contribution >= 4 is 21.8 Å². The van der Waals surface area contributed by atoms with E-state index in [-0.39, 0.29) is 11.3 Å². The average Bonchev–Trinajstić information content (AvgIpc) is 2.45. The van der Waals surface area contributed by atoms with Crippen LogP contribution in [0.25, 0.3) is 0 Å². The number of hydrogen-bond donors (Lipinski definition) is 1. The summed E-state index contributed by atoms with van der Waals surface area (Å²) in [5.41, 5.74) is 0.925. The van der Waals surface area contributed by atoms with Gasteiger partial charge in [-0.2, -0.15) is 0 Å². The van der Waals surface area contributed by atoms with Crippen LogP contribution in [0.3, 0.4) is 0 Å². The summed E-state index contributed by atoms with van der Waals surface area (Å²) in [6.45, 7) is 3.03. The van der Waals surface area contributed by atoms with Crippen LogP contribution < -0.4 is 10.1 Å². The minimum absolute atomic E-state index is 0.0137. The van der Waals surface area contributed by atoms with Gasteiger partial charge in [0.2, 0.25) is 0 Å². The van der Waals surface area contributed by atoms with Gasteiger partial charge in [-0.05, 0) is 52.4 Å². The van der Waals surface area contributed by atoms with Crippen LogP contribution in [0.1, 0.15) is 49.4 Å². The van der Waals surface area contributed by atoms with Gasteiger partial charge in [-0.15, -0.1) is 0 Å². The highest BCUT2D eigenvalue weighted by atomic mass is 79.9. The Morgan fingerprint density at radius 3 is 2.65 bits per heavy atom. The molecule has 3 nitrogen and oxygen atoms in total. The van der Waals surface area contributed by atoms with Crippen LogP contribution in [-0.4, -0.2) is 19.6 Å². The predicted octanol–water partition coefficient (Wildman–Crippen LogP) is 4.16. The molecule has 1 amide bonds. The maximum Gasteiger partial charge on any atom is 0.251 e. The SMILES string of the molecule is COc1ccc(C(=O)NCC2(C)CCCCC2)cc1Br. The van der Waals surface area contributed by atoms with Gasteiger partial charge in [-0.1, -0.05) is 26.2 Å². The molecule has 1 fully saturated rings. The molecule has 2 rings (SSSR count). The Hall–Kier alpha value is -1.03. The van der Waals surface area contributed by atoms with Crippen LogP contribution in [0.5, 0.6) is 5.75 Å². The molecule has 0 atom stereocenters. The molecule has 1 aliphatic rings. The number of hydrogen-bond acceptors (Lipinski definition) is 2. The lowest BCUT2D eigenvalue weighted by Crippen LogP contribution is -2.37. The summed E-state index contributed by atoms with van der Waals surface area (Å²) in [7, 11) is 1.61. The fourth-order valence-electron chi connectivity index (χ4n) is 2.79. The van der Waals surface area contributed by atoms with Crippen molar-refractivity contribution in [2.75, 3.05) is 13.7 Å². The van der Waals surface area contributed by atoms with Gasteiger partial charge in [0.25, 0.3) is 5.91 Å². The number of nitrogens with one attached hydrogen (secondary N) is 1. The smallest absolute Gasteiger partial charge is 0.251 e. The van der Waals surface area contributed by atoms with E-state index in [0.717, 1.165) is 16.8 Å². The fraction of sp³-hybridized carbons (Fsp3) is 0.562. The van der Waals surface area contributed by atoms with Crippen molar-refractivity contribution in [1.29, 1.82) is 0 Å². The number of halogens is 1. The molecule has 0 aliphatic heterocycles. The quantitative estimate of drug-likeness (QED) is 0.894. The Kier molecular flexibility index (Phi) is 5.08. The first kappa shape index (κ1) is 15.4. The second-order valence-electron chi connectivity index (χ2n) is 5.90. The molecule has 0 unspecified atom stereocenters. The Morgan fingerprint density at radius 2 is 2.05 bits per heavy atom. The molecule has 20 heavy (non-hydrogen) atoms. The van der Waals surface area contributed by atoms with E-state index in [9.17, 15) is 4.79 Å². The standard InChI is InChI=1S/C16H22BrNO2/c1-16(8-4-3-5-9-16)11-18-15(19)12-6-7-14(20-2)13(17)10-12/h6-7,10H,3-5,8-9,11H2,1-2H3,(H,18,19). The summed E-state index contributed by atoms with van der Waals surface area (Å²) in [4.78, 5) is 12.2. The monoisotopic (exact) mass is 339 g/mol. The maximum atomic E-state index is 12.2. The Labute approximate surface area is 129 Å². The summed E-state index contributed by atoms with van der Waals surface area (Å²) in [6, 6.07) is 5.40. The van der Waals surface area contributed by atoms with E-state index in [1.54, 1.807) is 25.3 Å². The molecule has 1 aromatic carbocycles. The van der Waals surface area contributed by atoms with E-state index in [1.807, 2.05) is 0 Å². The molecule has 110 valence electrons. The van der Waals surface area contributed by atoms with E-state index in [1.165, 1.54) is 32.1 Å². The molecule has 0 heterocycles. The highest BCUT2D eigenvalue weighted by Gasteiger charge is 2.27. The molecule has 1 aromatic rings. The maximum absolute atomic E-state index is 12.2. The molecule has 0 radical (unpaired) electrons. The van der Waals surface area contributed by atoms with E-state index in [4.69, 9.17) is 4.74 Å². The van der Waals surface area contributed by atoms with E-state index in [0.29, 0.717) is 5.56 Å². The number of benzene rings is 1. The summed E-state index contributed by atoms with van der Waals surface area (Å²) < 4.78 is 5.97. The Bertz CT molecular complexity index is 481. The van der Waals surface area contributed by atoms with Crippen molar-refractivity contribution in [3.63, 3.8) is 0 Å². The molecule has 0 spiro atoms. The van der Waals surface area contributed by atoms with Gasteiger partial charge in [-0.3, -0.25) is 4.79 Å². The minimum atomic E-state index is -0.0137. The number of methoxy groups -OCH3 is 1. The van der Waals surface area contributed by atoms with Crippen LogP contribution in [0.4, 0.5) is 0 Å². The molecule has 4 heteroatoms. The molecule has 1 saturated carbocycles. The highest BCUT2D eigenvalue weighted by Crippen LogP contribution is 2.35. The van der Waals surface area contributed by atoms with Crippen LogP contribution in [0.15, 0.2) is 22.7 Å². The third-order valence-corrected chi connectivity index (χ3v) is 4.77. The summed E-state index contributed by atoms with van der Waals surface area (Å²) in [6.07, 6.45) is 6.30. The summed E-state index contributed by atoms with van der Waals surface area (Å²) >= 11 is 3.41.